The van der Waals surface area contributed by atoms with Crippen LogP contribution in [0.2, 0.25) is 0 Å². The van der Waals surface area contributed by atoms with Crippen LogP contribution < -0.4 is 4.90 Å². The zero-order chi connectivity index (χ0) is 37.5. The average molecular weight is 742 g/mol. The van der Waals surface area contributed by atoms with Gasteiger partial charge >= 0.3 is 0 Å². The summed E-state index contributed by atoms with van der Waals surface area (Å²) in [6.45, 7) is 0. The van der Waals surface area contributed by atoms with Gasteiger partial charge in [-0.1, -0.05) is 188 Å². The maximum atomic E-state index is 2.48. The molecule has 0 unspecified atom stereocenters. The lowest BCUT2D eigenvalue weighted by Crippen LogP contribution is -2.32. The summed E-state index contributed by atoms with van der Waals surface area (Å²) in [6.07, 6.45) is 0. The van der Waals surface area contributed by atoms with E-state index in [-0.39, 0.29) is 0 Å². The van der Waals surface area contributed by atoms with Crippen LogP contribution in [0.4, 0.5) is 17.1 Å². The summed E-state index contributed by atoms with van der Waals surface area (Å²) in [5.74, 6) is 0. The monoisotopic (exact) mass is 741 g/mol. The molecule has 10 aromatic carbocycles. The topological polar surface area (TPSA) is 3.24 Å². The molecule has 1 nitrogen and oxygen atoms in total. The first-order valence-corrected chi connectivity index (χ1v) is 20.5. The van der Waals surface area contributed by atoms with Crippen molar-refractivity contribution in [2.45, 2.75) is 15.2 Å². The van der Waals surface area contributed by atoms with Crippen LogP contribution in [0.25, 0.3) is 54.6 Å². The van der Waals surface area contributed by atoms with Crippen molar-refractivity contribution in [3.8, 4) is 22.3 Å². The van der Waals surface area contributed by atoms with Crippen molar-refractivity contribution in [2.24, 2.45) is 0 Å². The first-order valence-electron chi connectivity index (χ1n) is 19.7. The van der Waals surface area contributed by atoms with Gasteiger partial charge < -0.3 is 4.90 Å². The van der Waals surface area contributed by atoms with E-state index in [0.717, 1.165) is 11.4 Å². The Balaban J connectivity index is 1.11. The Morgan fingerprint density at radius 2 is 0.965 bits per heavy atom. The molecular formula is C55H35NS. The van der Waals surface area contributed by atoms with E-state index in [1.54, 1.807) is 0 Å². The molecule has 12 rings (SSSR count). The highest BCUT2D eigenvalue weighted by Gasteiger charge is 2.50. The van der Waals surface area contributed by atoms with E-state index in [1.807, 2.05) is 11.8 Å². The maximum absolute atomic E-state index is 2.48. The van der Waals surface area contributed by atoms with Gasteiger partial charge in [-0.05, 0) is 113 Å². The van der Waals surface area contributed by atoms with Crippen molar-refractivity contribution in [2.75, 3.05) is 4.90 Å². The van der Waals surface area contributed by atoms with E-state index in [9.17, 15) is 0 Å². The third kappa shape index (κ3) is 4.72. The molecule has 0 radical (unpaired) electrons. The van der Waals surface area contributed by atoms with Gasteiger partial charge in [-0.3, -0.25) is 0 Å². The standard InChI is InChI=1S/C55H35NS/c1-2-13-36(14-3-1)41-19-8-20-43(35-41)56(42-33-31-38(32-34-42)45-22-9-16-37-15-4-5-21-44(37)45)50-27-12-26-49-54(50)57-51-28-7-6-23-46(51)55(49)47-24-10-17-39-29-30-40-18-11-25-48(55)53(40)52(39)47/h1-35H. The number of hydrogen-bond donors (Lipinski definition) is 0. The van der Waals surface area contributed by atoms with Crippen LogP contribution in [0.5, 0.6) is 0 Å². The Morgan fingerprint density at radius 3 is 1.77 bits per heavy atom. The maximum Gasteiger partial charge on any atom is 0.0736 e. The predicted octanol–water partition coefficient (Wildman–Crippen LogP) is 15.1. The van der Waals surface area contributed by atoms with E-state index in [2.05, 4.69) is 217 Å². The molecule has 0 saturated carbocycles. The normalized spacial score (nSPS) is 13.3. The lowest BCUT2D eigenvalue weighted by molar-refractivity contribution is 0.725. The minimum Gasteiger partial charge on any atom is -0.309 e. The Hall–Kier alpha value is -6.87. The second-order valence-corrected chi connectivity index (χ2v) is 16.3. The van der Waals surface area contributed by atoms with Crippen molar-refractivity contribution in [3.63, 3.8) is 0 Å². The first-order chi connectivity index (χ1) is 28.3. The first kappa shape index (κ1) is 32.4. The van der Waals surface area contributed by atoms with Gasteiger partial charge in [0.15, 0.2) is 0 Å². The predicted molar refractivity (Wildman–Crippen MR) is 241 cm³/mol. The molecule has 10 aromatic rings. The van der Waals surface area contributed by atoms with Gasteiger partial charge in [-0.25, -0.2) is 0 Å². The summed E-state index contributed by atoms with van der Waals surface area (Å²) in [4.78, 5) is 5.06. The molecule has 0 N–H and O–H groups in total. The zero-order valence-electron chi connectivity index (χ0n) is 31.1. The van der Waals surface area contributed by atoms with Crippen LogP contribution in [0.1, 0.15) is 22.3 Å². The number of fused-ring (bicyclic) bond motifs is 7. The highest BCUT2D eigenvalue weighted by molar-refractivity contribution is 7.99. The fraction of sp³-hybridized carbons (Fsp3) is 0.0182. The number of benzene rings is 10. The quantitative estimate of drug-likeness (QED) is 0.162. The molecule has 1 spiro atoms. The molecule has 1 aliphatic carbocycles. The van der Waals surface area contributed by atoms with E-state index >= 15 is 0 Å². The average Bonchev–Trinajstić information content (AvgIpc) is 3.58. The molecule has 0 aromatic heterocycles. The van der Waals surface area contributed by atoms with Crippen LogP contribution in [-0.4, -0.2) is 0 Å². The van der Waals surface area contributed by atoms with Crippen LogP contribution in [-0.2, 0) is 5.41 Å². The number of hydrogen-bond acceptors (Lipinski definition) is 2. The molecule has 0 fully saturated rings. The van der Waals surface area contributed by atoms with Gasteiger partial charge in [-0.2, -0.15) is 0 Å². The van der Waals surface area contributed by atoms with E-state index in [0.29, 0.717) is 0 Å². The molecular weight excluding hydrogens is 707 g/mol. The molecule has 0 atom stereocenters. The third-order valence-corrected chi connectivity index (χ3v) is 13.5. The van der Waals surface area contributed by atoms with E-state index in [4.69, 9.17) is 0 Å². The van der Waals surface area contributed by atoms with Gasteiger partial charge in [0, 0.05) is 21.2 Å². The second-order valence-electron chi connectivity index (χ2n) is 15.2. The van der Waals surface area contributed by atoms with Crippen molar-refractivity contribution >= 4 is 61.1 Å². The number of anilines is 3. The summed E-state index contributed by atoms with van der Waals surface area (Å²) in [7, 11) is 0. The molecule has 1 heterocycles. The minimum atomic E-state index is -0.467. The minimum absolute atomic E-state index is 0.467. The van der Waals surface area contributed by atoms with Crippen LogP contribution >= 0.6 is 11.8 Å². The zero-order valence-corrected chi connectivity index (χ0v) is 31.9. The summed E-state index contributed by atoms with van der Waals surface area (Å²) >= 11 is 1.91. The fourth-order valence-electron chi connectivity index (χ4n) is 9.88. The lowest BCUT2D eigenvalue weighted by atomic mass is 9.67. The Kier molecular flexibility index (Phi) is 7.14. The van der Waals surface area contributed by atoms with Crippen molar-refractivity contribution in [1.29, 1.82) is 0 Å². The van der Waals surface area contributed by atoms with Crippen molar-refractivity contribution in [1.82, 2.24) is 0 Å². The molecule has 2 heteroatoms. The molecule has 0 bridgehead atoms. The van der Waals surface area contributed by atoms with Crippen LogP contribution in [0.3, 0.4) is 0 Å². The van der Waals surface area contributed by atoms with Crippen LogP contribution in [0.15, 0.2) is 222 Å². The van der Waals surface area contributed by atoms with Gasteiger partial charge in [0.2, 0.25) is 0 Å². The molecule has 0 saturated heterocycles. The summed E-state index contributed by atoms with van der Waals surface area (Å²) < 4.78 is 0. The molecule has 57 heavy (non-hydrogen) atoms. The highest BCUT2D eigenvalue weighted by Crippen LogP contribution is 2.63. The van der Waals surface area contributed by atoms with Gasteiger partial charge in [0.1, 0.15) is 0 Å². The summed E-state index contributed by atoms with van der Waals surface area (Å²) in [5.41, 5.74) is 13.2. The Bertz CT molecular complexity index is 3150. The molecule has 266 valence electrons. The molecule has 1 aliphatic heterocycles. The van der Waals surface area contributed by atoms with E-state index in [1.165, 1.54) is 92.3 Å². The summed E-state index contributed by atoms with van der Waals surface area (Å²) in [5, 5.41) is 7.85. The van der Waals surface area contributed by atoms with Gasteiger partial charge in [-0.15, -0.1) is 0 Å². The van der Waals surface area contributed by atoms with E-state index < -0.39 is 5.41 Å². The number of nitrogens with zero attached hydrogens (tertiary/aromatic N) is 1. The molecule has 2 aliphatic rings. The fourth-order valence-corrected chi connectivity index (χ4v) is 11.2. The SMILES string of the molecule is c1ccc(-c2cccc(N(c3ccc(-c4cccc5ccccc45)cc3)c3cccc4c3Sc3ccccc3C43c4cccc5ccc6cccc3c6c45)c2)cc1. The van der Waals surface area contributed by atoms with Crippen molar-refractivity contribution < 1.29 is 0 Å². The van der Waals surface area contributed by atoms with Crippen molar-refractivity contribution in [3.05, 3.63) is 235 Å². The summed E-state index contributed by atoms with van der Waals surface area (Å²) in [6, 6.07) is 78.7. The van der Waals surface area contributed by atoms with Crippen LogP contribution in [0, 0.1) is 0 Å². The third-order valence-electron chi connectivity index (χ3n) is 12.3. The van der Waals surface area contributed by atoms with Gasteiger partial charge in [0.05, 0.1) is 11.1 Å². The largest absolute Gasteiger partial charge is 0.309 e. The number of rotatable bonds is 5. The highest BCUT2D eigenvalue weighted by atomic mass is 32.2. The lowest BCUT2D eigenvalue weighted by Gasteiger charge is -2.41. The smallest absolute Gasteiger partial charge is 0.0736 e. The Morgan fingerprint density at radius 1 is 0.368 bits per heavy atom. The van der Waals surface area contributed by atoms with Gasteiger partial charge in [0.25, 0.3) is 0 Å². The molecule has 0 amide bonds. The second kappa shape index (κ2) is 12.6. The Labute approximate surface area is 336 Å².